The monoisotopic (exact) mass is 782 g/mol. The van der Waals surface area contributed by atoms with Gasteiger partial charge in [0, 0.05) is 24.3 Å². The fourth-order valence-corrected chi connectivity index (χ4v) is 8.13. The van der Waals surface area contributed by atoms with Gasteiger partial charge < -0.3 is 14.2 Å². The van der Waals surface area contributed by atoms with E-state index in [4.69, 9.17) is 4.74 Å². The van der Waals surface area contributed by atoms with E-state index in [0.717, 1.165) is 18.8 Å². The Balaban J connectivity index is 1.16. The van der Waals surface area contributed by atoms with E-state index in [1.54, 1.807) is 0 Å². The predicted molar refractivity (Wildman–Crippen MR) is 162 cm³/mol. The van der Waals surface area contributed by atoms with Crippen molar-refractivity contribution in [2.45, 2.75) is 115 Å². The van der Waals surface area contributed by atoms with Crippen LogP contribution in [-0.4, -0.2) is 25.2 Å². The number of benzene rings is 2. The second kappa shape index (κ2) is 16.0. The molecule has 298 valence electrons. The van der Waals surface area contributed by atoms with Crippen LogP contribution >= 0.6 is 0 Å². The highest BCUT2D eigenvalue weighted by Crippen LogP contribution is 2.46. The SMILES string of the molecule is CCCC1CCC(C2CCC(C3CCC(C(F)(F)Oc4cc(F)c(C(F)(F)Oc5cc(F)c(C(F)(F)OC(F)(F)F)c(F)c5)c(F)c4)CC3)OC2)CC1. The topological polar surface area (TPSA) is 36.9 Å². The molecule has 2 aromatic rings. The smallest absolute Gasteiger partial charge is 0.432 e. The highest BCUT2D eigenvalue weighted by atomic mass is 19.4. The number of rotatable bonds is 12. The van der Waals surface area contributed by atoms with E-state index in [0.29, 0.717) is 31.3 Å². The third kappa shape index (κ3) is 10.0. The van der Waals surface area contributed by atoms with Crippen LogP contribution in [-0.2, 0) is 21.7 Å². The van der Waals surface area contributed by atoms with Crippen LogP contribution in [0.25, 0.3) is 0 Å². The van der Waals surface area contributed by atoms with E-state index in [1.165, 1.54) is 38.5 Å². The Hall–Kier alpha value is -2.95. The van der Waals surface area contributed by atoms with Gasteiger partial charge in [-0.3, -0.25) is 0 Å². The molecule has 0 amide bonds. The first-order valence-corrected chi connectivity index (χ1v) is 17.6. The van der Waals surface area contributed by atoms with Gasteiger partial charge in [0.25, 0.3) is 0 Å². The van der Waals surface area contributed by atoms with E-state index >= 15 is 8.78 Å². The quantitative estimate of drug-likeness (QED) is 0.201. The van der Waals surface area contributed by atoms with Gasteiger partial charge in [0.05, 0.1) is 18.6 Å². The molecule has 4 nitrogen and oxygen atoms in total. The summed E-state index contributed by atoms with van der Waals surface area (Å²) < 4.78 is 199. The van der Waals surface area contributed by atoms with Crippen LogP contribution in [0.15, 0.2) is 24.3 Å². The maximum Gasteiger partial charge on any atom is 0.527 e. The summed E-state index contributed by atoms with van der Waals surface area (Å²) in [7, 11) is 0. The lowest BCUT2D eigenvalue weighted by atomic mass is 9.71. The van der Waals surface area contributed by atoms with Crippen LogP contribution in [0.4, 0.5) is 57.1 Å². The van der Waals surface area contributed by atoms with Gasteiger partial charge in [0.15, 0.2) is 0 Å². The number of halogens is 13. The number of hydrogen-bond acceptors (Lipinski definition) is 4. The van der Waals surface area contributed by atoms with Crippen molar-refractivity contribution in [1.82, 2.24) is 0 Å². The molecule has 1 heterocycles. The highest BCUT2D eigenvalue weighted by Gasteiger charge is 2.51. The summed E-state index contributed by atoms with van der Waals surface area (Å²) >= 11 is 0. The van der Waals surface area contributed by atoms with Crippen molar-refractivity contribution in [3.8, 4) is 11.5 Å². The first kappa shape index (κ1) is 41.2. The Morgan fingerprint density at radius 2 is 1.06 bits per heavy atom. The van der Waals surface area contributed by atoms with Crippen molar-refractivity contribution in [3.05, 3.63) is 58.7 Å². The normalized spacial score (nSPS) is 26.4. The minimum absolute atomic E-state index is 0.00245. The maximum atomic E-state index is 15.2. The molecule has 3 fully saturated rings. The summed E-state index contributed by atoms with van der Waals surface area (Å²) in [5.41, 5.74) is -4.85. The molecule has 1 saturated heterocycles. The molecule has 0 N–H and O–H groups in total. The van der Waals surface area contributed by atoms with Gasteiger partial charge in [-0.15, -0.1) is 13.2 Å². The van der Waals surface area contributed by atoms with E-state index in [1.807, 2.05) is 0 Å². The van der Waals surface area contributed by atoms with Crippen LogP contribution in [0.3, 0.4) is 0 Å². The fourth-order valence-electron chi connectivity index (χ4n) is 8.13. The molecule has 2 atom stereocenters. The summed E-state index contributed by atoms with van der Waals surface area (Å²) in [6, 6.07) is -0.785. The lowest BCUT2D eigenvalue weighted by molar-refractivity contribution is -0.432. The third-order valence-corrected chi connectivity index (χ3v) is 10.7. The zero-order chi connectivity index (χ0) is 38.9. The molecule has 5 rings (SSSR count). The molecule has 0 radical (unpaired) electrons. The molecule has 2 saturated carbocycles. The largest absolute Gasteiger partial charge is 0.527 e. The summed E-state index contributed by atoms with van der Waals surface area (Å²) in [6.07, 6.45) is -10.9. The first-order valence-electron chi connectivity index (χ1n) is 17.6. The van der Waals surface area contributed by atoms with Gasteiger partial charge in [-0.05, 0) is 75.0 Å². The van der Waals surface area contributed by atoms with Gasteiger partial charge in [-0.2, -0.15) is 26.3 Å². The number of ether oxygens (including phenoxy) is 4. The van der Waals surface area contributed by atoms with Crippen molar-refractivity contribution in [1.29, 1.82) is 0 Å². The second-order valence-electron chi connectivity index (χ2n) is 14.3. The van der Waals surface area contributed by atoms with Crippen molar-refractivity contribution < 1.29 is 76.0 Å². The van der Waals surface area contributed by atoms with E-state index in [-0.39, 0.29) is 37.0 Å². The Labute approximate surface area is 297 Å². The standard InChI is InChI=1S/C36H39F13O4/c1-2-3-19-4-6-20(7-5-19)22-10-13-30(50-18-22)21-8-11-23(12-9-21)33(41,42)51-24-14-26(37)31(27(38)15-24)34(43,44)52-25-16-28(39)32(29(40)17-25)35(45,46)53-36(47,48)49/h14-17,19-23,30H,2-13,18H2,1H3. The van der Waals surface area contributed by atoms with E-state index in [2.05, 4.69) is 21.1 Å². The predicted octanol–water partition coefficient (Wildman–Crippen LogP) is 12.1. The van der Waals surface area contributed by atoms with Gasteiger partial charge in [0.1, 0.15) is 45.9 Å². The molecule has 2 aliphatic carbocycles. The van der Waals surface area contributed by atoms with Crippen LogP contribution in [0.1, 0.15) is 95.1 Å². The first-order chi connectivity index (χ1) is 24.7. The molecule has 0 bridgehead atoms. The zero-order valence-corrected chi connectivity index (χ0v) is 28.5. The summed E-state index contributed by atoms with van der Waals surface area (Å²) in [6.45, 7) is 2.84. The lowest BCUT2D eigenvalue weighted by Crippen LogP contribution is -2.41. The molecule has 2 aromatic carbocycles. The minimum atomic E-state index is -6.07. The third-order valence-electron chi connectivity index (χ3n) is 10.7. The maximum absolute atomic E-state index is 15.2. The molecule has 53 heavy (non-hydrogen) atoms. The van der Waals surface area contributed by atoms with Crippen LogP contribution in [0.5, 0.6) is 11.5 Å². The van der Waals surface area contributed by atoms with Crippen LogP contribution in [0.2, 0.25) is 0 Å². The Morgan fingerprint density at radius 1 is 0.585 bits per heavy atom. The van der Waals surface area contributed by atoms with Gasteiger partial charge in [-0.1, -0.05) is 32.6 Å². The average Bonchev–Trinajstić information content (AvgIpc) is 3.03. The second-order valence-corrected chi connectivity index (χ2v) is 14.3. The molecule has 2 unspecified atom stereocenters. The van der Waals surface area contributed by atoms with Crippen LogP contribution in [0, 0.1) is 52.9 Å². The molecular weight excluding hydrogens is 743 g/mol. The summed E-state index contributed by atoms with van der Waals surface area (Å²) in [5.74, 6) is -11.7. The van der Waals surface area contributed by atoms with Gasteiger partial charge in [-0.25, -0.2) is 22.3 Å². The molecule has 0 spiro atoms. The van der Waals surface area contributed by atoms with Crippen molar-refractivity contribution in [3.63, 3.8) is 0 Å². The molecule has 3 aliphatic rings. The molecule has 0 aromatic heterocycles. The Morgan fingerprint density at radius 3 is 1.53 bits per heavy atom. The fraction of sp³-hybridized carbons (Fsp3) is 0.667. The zero-order valence-electron chi connectivity index (χ0n) is 28.5. The van der Waals surface area contributed by atoms with Gasteiger partial charge >= 0.3 is 24.7 Å². The Kier molecular flexibility index (Phi) is 12.5. The van der Waals surface area contributed by atoms with E-state index in [9.17, 15) is 48.3 Å². The van der Waals surface area contributed by atoms with Crippen molar-refractivity contribution in [2.24, 2.45) is 29.6 Å². The highest BCUT2D eigenvalue weighted by molar-refractivity contribution is 5.36. The van der Waals surface area contributed by atoms with Crippen molar-refractivity contribution in [2.75, 3.05) is 6.61 Å². The van der Waals surface area contributed by atoms with E-state index < -0.39 is 88.6 Å². The summed E-state index contributed by atoms with van der Waals surface area (Å²) in [5, 5.41) is 0. The van der Waals surface area contributed by atoms with Gasteiger partial charge in [0.2, 0.25) is 0 Å². The summed E-state index contributed by atoms with van der Waals surface area (Å²) in [4.78, 5) is 0. The minimum Gasteiger partial charge on any atom is -0.432 e. The van der Waals surface area contributed by atoms with Crippen LogP contribution < -0.4 is 9.47 Å². The number of hydrogen-bond donors (Lipinski definition) is 0. The average molecular weight is 783 g/mol. The molecule has 17 heteroatoms. The molecular formula is C36H39F13O4. The Bertz CT molecular complexity index is 1500. The molecule has 1 aliphatic heterocycles. The number of alkyl halides is 9. The lowest BCUT2D eigenvalue weighted by Gasteiger charge is -2.42. The van der Waals surface area contributed by atoms with Crippen molar-refractivity contribution >= 4 is 0 Å².